The molecule has 1 aliphatic heterocycles. The van der Waals surface area contributed by atoms with Crippen LogP contribution in [0.2, 0.25) is 0 Å². The van der Waals surface area contributed by atoms with Gasteiger partial charge in [0, 0.05) is 31.7 Å². The van der Waals surface area contributed by atoms with Crippen LogP contribution in [0.15, 0.2) is 54.6 Å². The van der Waals surface area contributed by atoms with Crippen molar-refractivity contribution in [2.75, 3.05) is 26.2 Å². The fraction of sp³-hybridized carbons (Fsp3) is 0.278. The van der Waals surface area contributed by atoms with Crippen LogP contribution < -0.4 is 10.1 Å². The second-order valence-corrected chi connectivity index (χ2v) is 5.31. The number of nitrogens with zero attached hydrogens (tertiary/aromatic N) is 1. The summed E-state index contributed by atoms with van der Waals surface area (Å²) in [7, 11) is 0. The molecule has 120 valence electrons. The van der Waals surface area contributed by atoms with Crippen molar-refractivity contribution < 1.29 is 14.3 Å². The minimum absolute atomic E-state index is 0.200. The van der Waals surface area contributed by atoms with E-state index >= 15 is 0 Å². The maximum Gasteiger partial charge on any atom is 0.410 e. The van der Waals surface area contributed by atoms with Crippen LogP contribution in [0.4, 0.5) is 4.79 Å². The zero-order valence-corrected chi connectivity index (χ0v) is 12.9. The van der Waals surface area contributed by atoms with E-state index in [4.69, 9.17) is 9.47 Å². The highest BCUT2D eigenvalue weighted by molar-refractivity contribution is 5.67. The molecule has 2 aromatic rings. The first kappa shape index (κ1) is 15.4. The summed E-state index contributed by atoms with van der Waals surface area (Å²) in [5.74, 6) is 1.46. The monoisotopic (exact) mass is 312 g/mol. The minimum Gasteiger partial charge on any atom is -0.457 e. The van der Waals surface area contributed by atoms with E-state index in [0.717, 1.165) is 24.4 Å². The Bertz CT molecular complexity index is 640. The second kappa shape index (κ2) is 7.65. The fourth-order valence-electron chi connectivity index (χ4n) is 2.42. The largest absolute Gasteiger partial charge is 0.457 e. The van der Waals surface area contributed by atoms with Crippen molar-refractivity contribution in [3.8, 4) is 11.5 Å². The Morgan fingerprint density at radius 2 is 1.70 bits per heavy atom. The average Bonchev–Trinajstić information content (AvgIpc) is 2.62. The molecule has 0 atom stereocenters. The molecule has 0 saturated carbocycles. The summed E-state index contributed by atoms with van der Waals surface area (Å²) in [6, 6.07) is 17.2. The van der Waals surface area contributed by atoms with Gasteiger partial charge in [0.2, 0.25) is 0 Å². The molecule has 1 N–H and O–H groups in total. The summed E-state index contributed by atoms with van der Waals surface area (Å²) in [6.45, 7) is 3.18. The molecule has 0 bridgehead atoms. The molecule has 1 saturated heterocycles. The Morgan fingerprint density at radius 1 is 1.00 bits per heavy atom. The third-order valence-corrected chi connectivity index (χ3v) is 3.67. The van der Waals surface area contributed by atoms with Crippen molar-refractivity contribution in [2.24, 2.45) is 0 Å². The van der Waals surface area contributed by atoms with Gasteiger partial charge in [-0.25, -0.2) is 4.79 Å². The lowest BCUT2D eigenvalue weighted by Crippen LogP contribution is -2.46. The predicted molar refractivity (Wildman–Crippen MR) is 87.6 cm³/mol. The van der Waals surface area contributed by atoms with E-state index in [1.54, 1.807) is 4.90 Å². The van der Waals surface area contributed by atoms with Crippen molar-refractivity contribution in [2.45, 2.75) is 6.61 Å². The van der Waals surface area contributed by atoms with E-state index in [9.17, 15) is 4.79 Å². The standard InChI is InChI=1S/C18H20N2O3/c21-18(20-12-10-19-11-13-20)22-14-15-6-4-5-9-17(15)23-16-7-2-1-3-8-16/h1-9,19H,10-14H2. The highest BCUT2D eigenvalue weighted by Gasteiger charge is 2.18. The Morgan fingerprint density at radius 3 is 2.48 bits per heavy atom. The van der Waals surface area contributed by atoms with Gasteiger partial charge in [-0.15, -0.1) is 0 Å². The van der Waals surface area contributed by atoms with Crippen molar-refractivity contribution in [3.63, 3.8) is 0 Å². The molecule has 0 spiro atoms. The minimum atomic E-state index is -0.277. The van der Waals surface area contributed by atoms with E-state index < -0.39 is 0 Å². The summed E-state index contributed by atoms with van der Waals surface area (Å²) < 4.78 is 11.3. The van der Waals surface area contributed by atoms with Gasteiger partial charge in [0.1, 0.15) is 18.1 Å². The first-order chi connectivity index (χ1) is 11.3. The molecular weight excluding hydrogens is 292 g/mol. The normalized spacial score (nSPS) is 14.3. The van der Waals surface area contributed by atoms with Gasteiger partial charge in [0.05, 0.1) is 0 Å². The van der Waals surface area contributed by atoms with Crippen LogP contribution in [-0.2, 0) is 11.3 Å². The topological polar surface area (TPSA) is 50.8 Å². The molecule has 5 nitrogen and oxygen atoms in total. The van der Waals surface area contributed by atoms with E-state index in [1.165, 1.54) is 0 Å². The van der Waals surface area contributed by atoms with Crippen molar-refractivity contribution in [1.82, 2.24) is 10.2 Å². The maximum atomic E-state index is 12.1. The van der Waals surface area contributed by atoms with E-state index in [1.807, 2.05) is 54.6 Å². The van der Waals surface area contributed by atoms with Gasteiger partial charge in [-0.3, -0.25) is 0 Å². The van der Waals surface area contributed by atoms with Gasteiger partial charge >= 0.3 is 6.09 Å². The third-order valence-electron chi connectivity index (χ3n) is 3.67. The summed E-state index contributed by atoms with van der Waals surface area (Å²) >= 11 is 0. The van der Waals surface area contributed by atoms with Crippen LogP contribution in [0, 0.1) is 0 Å². The lowest BCUT2D eigenvalue weighted by molar-refractivity contribution is 0.0913. The number of hydrogen-bond acceptors (Lipinski definition) is 4. The molecule has 2 aromatic carbocycles. The zero-order chi connectivity index (χ0) is 15.9. The highest BCUT2D eigenvalue weighted by atomic mass is 16.6. The average molecular weight is 312 g/mol. The van der Waals surface area contributed by atoms with Crippen molar-refractivity contribution >= 4 is 6.09 Å². The summed E-state index contributed by atoms with van der Waals surface area (Å²) in [5, 5.41) is 3.21. The molecule has 0 unspecified atom stereocenters. The van der Waals surface area contributed by atoms with Gasteiger partial charge < -0.3 is 19.7 Å². The van der Waals surface area contributed by atoms with E-state index in [0.29, 0.717) is 18.8 Å². The van der Waals surface area contributed by atoms with Gasteiger partial charge in [0.15, 0.2) is 0 Å². The number of nitrogens with one attached hydrogen (secondary N) is 1. The van der Waals surface area contributed by atoms with Crippen LogP contribution in [0.3, 0.4) is 0 Å². The van der Waals surface area contributed by atoms with Crippen molar-refractivity contribution in [1.29, 1.82) is 0 Å². The predicted octanol–water partition coefficient (Wildman–Crippen LogP) is 3.02. The lowest BCUT2D eigenvalue weighted by atomic mass is 10.2. The first-order valence-electron chi connectivity index (χ1n) is 7.76. The number of hydrogen-bond donors (Lipinski definition) is 1. The summed E-state index contributed by atoms with van der Waals surface area (Å²) in [4.78, 5) is 13.8. The SMILES string of the molecule is O=C(OCc1ccccc1Oc1ccccc1)N1CCNCC1. The summed E-state index contributed by atoms with van der Waals surface area (Å²) in [6.07, 6.45) is -0.277. The molecule has 23 heavy (non-hydrogen) atoms. The number of rotatable bonds is 4. The van der Waals surface area contributed by atoms with Crippen LogP contribution in [0.1, 0.15) is 5.56 Å². The second-order valence-electron chi connectivity index (χ2n) is 5.31. The Hall–Kier alpha value is -2.53. The van der Waals surface area contributed by atoms with Crippen LogP contribution in [-0.4, -0.2) is 37.2 Å². The molecule has 5 heteroatoms. The van der Waals surface area contributed by atoms with Crippen LogP contribution in [0.5, 0.6) is 11.5 Å². The van der Waals surface area contributed by atoms with Crippen molar-refractivity contribution in [3.05, 3.63) is 60.2 Å². The quantitative estimate of drug-likeness (QED) is 0.943. The molecule has 1 fully saturated rings. The zero-order valence-electron chi connectivity index (χ0n) is 12.9. The first-order valence-corrected chi connectivity index (χ1v) is 7.76. The number of carbonyl (C=O) groups is 1. The molecule has 0 aliphatic carbocycles. The molecule has 1 amide bonds. The number of para-hydroxylation sites is 2. The smallest absolute Gasteiger partial charge is 0.410 e. The van der Waals surface area contributed by atoms with Gasteiger partial charge in [-0.05, 0) is 18.2 Å². The number of piperazine rings is 1. The van der Waals surface area contributed by atoms with E-state index in [2.05, 4.69) is 5.32 Å². The highest BCUT2D eigenvalue weighted by Crippen LogP contribution is 2.25. The number of benzene rings is 2. The van der Waals surface area contributed by atoms with Gasteiger partial charge in [-0.2, -0.15) is 0 Å². The molecule has 1 aliphatic rings. The maximum absolute atomic E-state index is 12.1. The van der Waals surface area contributed by atoms with Gasteiger partial charge in [0.25, 0.3) is 0 Å². The van der Waals surface area contributed by atoms with E-state index in [-0.39, 0.29) is 12.7 Å². The Balaban J connectivity index is 1.62. The fourth-order valence-corrected chi connectivity index (χ4v) is 2.42. The third kappa shape index (κ3) is 4.23. The number of carbonyl (C=O) groups excluding carboxylic acids is 1. The number of ether oxygens (including phenoxy) is 2. The number of amides is 1. The van der Waals surface area contributed by atoms with Gasteiger partial charge in [-0.1, -0.05) is 36.4 Å². The van der Waals surface area contributed by atoms with Crippen LogP contribution >= 0.6 is 0 Å². The Kier molecular flexibility index (Phi) is 5.11. The Labute approximate surface area is 135 Å². The molecule has 0 aromatic heterocycles. The molecule has 0 radical (unpaired) electrons. The molecule has 1 heterocycles. The van der Waals surface area contributed by atoms with Crippen LogP contribution in [0.25, 0.3) is 0 Å². The molecular formula is C18H20N2O3. The lowest BCUT2D eigenvalue weighted by Gasteiger charge is -2.26. The molecule has 3 rings (SSSR count). The summed E-state index contributed by atoms with van der Waals surface area (Å²) in [5.41, 5.74) is 0.847.